The molecule has 1 heterocycles. The van der Waals surface area contributed by atoms with E-state index >= 15 is 0 Å². The lowest BCUT2D eigenvalue weighted by Crippen LogP contribution is -1.96. The second-order valence-electron chi connectivity index (χ2n) is 4.71. The van der Waals surface area contributed by atoms with Crippen LogP contribution in [0.15, 0.2) is 24.3 Å². The van der Waals surface area contributed by atoms with Gasteiger partial charge in [-0.25, -0.2) is 4.98 Å². The molecule has 0 unspecified atom stereocenters. The number of aromatic nitrogens is 3. The molecule has 0 saturated heterocycles. The predicted molar refractivity (Wildman–Crippen MR) is 68.6 cm³/mol. The van der Waals surface area contributed by atoms with Crippen molar-refractivity contribution in [3.05, 3.63) is 41.5 Å². The zero-order valence-electron chi connectivity index (χ0n) is 10.3. The third kappa shape index (κ3) is 3.31. The van der Waals surface area contributed by atoms with E-state index in [1.807, 2.05) is 24.3 Å². The second kappa shape index (κ2) is 4.99. The molecule has 0 aliphatic heterocycles. The summed E-state index contributed by atoms with van der Waals surface area (Å²) in [6.07, 6.45) is 1.68. The van der Waals surface area contributed by atoms with E-state index < -0.39 is 0 Å². The molecular weight excluding hydrogens is 212 g/mol. The molecule has 0 radical (unpaired) electrons. The molecular formula is C13H18N4. The van der Waals surface area contributed by atoms with E-state index in [0.717, 1.165) is 30.2 Å². The van der Waals surface area contributed by atoms with Gasteiger partial charge in [0, 0.05) is 18.5 Å². The molecule has 0 aliphatic carbocycles. The summed E-state index contributed by atoms with van der Waals surface area (Å²) < 4.78 is 0. The molecule has 0 aliphatic rings. The summed E-state index contributed by atoms with van der Waals surface area (Å²) >= 11 is 0. The molecule has 0 fully saturated rings. The number of rotatable bonds is 4. The maximum atomic E-state index is 5.64. The highest BCUT2D eigenvalue weighted by Gasteiger charge is 2.05. The van der Waals surface area contributed by atoms with Crippen molar-refractivity contribution in [1.29, 1.82) is 0 Å². The first-order valence-corrected chi connectivity index (χ1v) is 5.88. The van der Waals surface area contributed by atoms with Gasteiger partial charge in [0.05, 0.1) is 0 Å². The van der Waals surface area contributed by atoms with Crippen LogP contribution < -0.4 is 5.73 Å². The lowest BCUT2D eigenvalue weighted by molar-refractivity contribution is 0.622. The van der Waals surface area contributed by atoms with Gasteiger partial charge in [-0.1, -0.05) is 26.0 Å². The van der Waals surface area contributed by atoms with Crippen molar-refractivity contribution in [2.75, 3.05) is 5.73 Å². The van der Waals surface area contributed by atoms with Crippen LogP contribution >= 0.6 is 0 Å². The molecule has 90 valence electrons. The lowest BCUT2D eigenvalue weighted by atomic mass is 10.1. The van der Waals surface area contributed by atoms with Gasteiger partial charge in [-0.15, -0.1) is 0 Å². The first-order chi connectivity index (χ1) is 8.13. The van der Waals surface area contributed by atoms with Crippen LogP contribution in [0, 0.1) is 5.92 Å². The van der Waals surface area contributed by atoms with Crippen molar-refractivity contribution in [3.63, 3.8) is 0 Å². The van der Waals surface area contributed by atoms with Gasteiger partial charge in [-0.2, -0.15) is 5.10 Å². The number of nitrogens with one attached hydrogen (secondary N) is 1. The Balaban J connectivity index is 2.03. The van der Waals surface area contributed by atoms with Crippen molar-refractivity contribution < 1.29 is 0 Å². The summed E-state index contributed by atoms with van der Waals surface area (Å²) in [6, 6.07) is 7.83. The smallest absolute Gasteiger partial charge is 0.150 e. The fourth-order valence-electron chi connectivity index (χ4n) is 1.70. The Morgan fingerprint density at radius 2 is 1.94 bits per heavy atom. The molecule has 2 rings (SSSR count). The van der Waals surface area contributed by atoms with E-state index in [2.05, 4.69) is 29.0 Å². The highest BCUT2D eigenvalue weighted by atomic mass is 15.2. The van der Waals surface area contributed by atoms with Crippen LogP contribution in [0.3, 0.4) is 0 Å². The quantitative estimate of drug-likeness (QED) is 0.791. The Hall–Kier alpha value is -1.84. The number of hydrogen-bond donors (Lipinski definition) is 2. The predicted octanol–water partition coefficient (Wildman–Crippen LogP) is 2.18. The van der Waals surface area contributed by atoms with Gasteiger partial charge >= 0.3 is 0 Å². The van der Waals surface area contributed by atoms with Crippen molar-refractivity contribution in [1.82, 2.24) is 15.2 Å². The van der Waals surface area contributed by atoms with Crippen molar-refractivity contribution >= 4 is 5.69 Å². The highest BCUT2D eigenvalue weighted by molar-refractivity contribution is 5.39. The van der Waals surface area contributed by atoms with Crippen LogP contribution in [0.4, 0.5) is 5.69 Å². The monoisotopic (exact) mass is 230 g/mol. The summed E-state index contributed by atoms with van der Waals surface area (Å²) in [7, 11) is 0. The zero-order chi connectivity index (χ0) is 12.3. The normalized spacial score (nSPS) is 11.0. The van der Waals surface area contributed by atoms with Gasteiger partial charge in [0.1, 0.15) is 5.82 Å². The fraction of sp³-hybridized carbons (Fsp3) is 0.385. The standard InChI is InChI=1S/C13H18N4/c1-9(2)7-12-15-13(17-16-12)8-10-3-5-11(14)6-4-10/h3-6,9H,7-8,14H2,1-2H3,(H,15,16,17). The van der Waals surface area contributed by atoms with E-state index in [9.17, 15) is 0 Å². The molecule has 0 saturated carbocycles. The van der Waals surface area contributed by atoms with E-state index in [-0.39, 0.29) is 0 Å². The average molecular weight is 230 g/mol. The number of H-pyrrole nitrogens is 1. The summed E-state index contributed by atoms with van der Waals surface area (Å²) in [5.41, 5.74) is 7.61. The van der Waals surface area contributed by atoms with Crippen LogP contribution in [-0.4, -0.2) is 15.2 Å². The Morgan fingerprint density at radius 1 is 1.24 bits per heavy atom. The van der Waals surface area contributed by atoms with Gasteiger partial charge in [0.25, 0.3) is 0 Å². The second-order valence-corrected chi connectivity index (χ2v) is 4.71. The van der Waals surface area contributed by atoms with Gasteiger partial charge in [0.15, 0.2) is 5.82 Å². The van der Waals surface area contributed by atoms with Crippen LogP contribution in [0.2, 0.25) is 0 Å². The van der Waals surface area contributed by atoms with Crippen LogP contribution in [0.1, 0.15) is 31.1 Å². The van der Waals surface area contributed by atoms with Crippen LogP contribution in [-0.2, 0) is 12.8 Å². The largest absolute Gasteiger partial charge is 0.399 e. The Bertz CT molecular complexity index is 470. The maximum absolute atomic E-state index is 5.64. The number of aromatic amines is 1. The highest BCUT2D eigenvalue weighted by Crippen LogP contribution is 2.10. The number of nitrogen functional groups attached to an aromatic ring is 1. The molecule has 4 nitrogen and oxygen atoms in total. The number of hydrogen-bond acceptors (Lipinski definition) is 3. The minimum Gasteiger partial charge on any atom is -0.399 e. The molecule has 1 aromatic carbocycles. The molecule has 4 heteroatoms. The Labute approximate surface area is 101 Å². The molecule has 1 aromatic heterocycles. The van der Waals surface area contributed by atoms with E-state index in [0.29, 0.717) is 5.92 Å². The molecule has 0 bridgehead atoms. The van der Waals surface area contributed by atoms with Crippen LogP contribution in [0.25, 0.3) is 0 Å². The number of nitrogens with zero attached hydrogens (tertiary/aromatic N) is 2. The fourth-order valence-corrected chi connectivity index (χ4v) is 1.70. The van der Waals surface area contributed by atoms with Gasteiger partial charge in [-0.3, -0.25) is 5.10 Å². The van der Waals surface area contributed by atoms with Crippen molar-refractivity contribution in [2.24, 2.45) is 5.92 Å². The molecule has 3 N–H and O–H groups in total. The number of benzene rings is 1. The van der Waals surface area contributed by atoms with Gasteiger partial charge < -0.3 is 5.73 Å². The maximum Gasteiger partial charge on any atom is 0.150 e. The third-order valence-corrected chi connectivity index (χ3v) is 2.52. The average Bonchev–Trinajstić information content (AvgIpc) is 2.68. The Kier molecular flexibility index (Phi) is 3.42. The molecule has 2 aromatic rings. The van der Waals surface area contributed by atoms with Gasteiger partial charge in [0.2, 0.25) is 0 Å². The summed E-state index contributed by atoms with van der Waals surface area (Å²) in [4.78, 5) is 4.47. The first-order valence-electron chi connectivity index (χ1n) is 5.88. The SMILES string of the molecule is CC(C)Cc1n[nH]c(Cc2ccc(N)cc2)n1. The van der Waals surface area contributed by atoms with E-state index in [4.69, 9.17) is 5.73 Å². The molecule has 0 amide bonds. The zero-order valence-corrected chi connectivity index (χ0v) is 10.3. The van der Waals surface area contributed by atoms with E-state index in [1.54, 1.807) is 0 Å². The minimum absolute atomic E-state index is 0.579. The molecule has 0 atom stereocenters. The number of anilines is 1. The summed E-state index contributed by atoms with van der Waals surface area (Å²) in [5, 5.41) is 7.19. The third-order valence-electron chi connectivity index (χ3n) is 2.52. The number of nitrogens with two attached hydrogens (primary N) is 1. The topological polar surface area (TPSA) is 67.6 Å². The van der Waals surface area contributed by atoms with E-state index in [1.165, 1.54) is 5.56 Å². The summed E-state index contributed by atoms with van der Waals surface area (Å²) in [6.45, 7) is 4.33. The van der Waals surface area contributed by atoms with Gasteiger partial charge in [-0.05, 0) is 23.6 Å². The van der Waals surface area contributed by atoms with Crippen molar-refractivity contribution in [3.8, 4) is 0 Å². The first kappa shape index (κ1) is 11.6. The summed E-state index contributed by atoms with van der Waals surface area (Å²) in [5.74, 6) is 2.38. The lowest BCUT2D eigenvalue weighted by Gasteiger charge is -1.99. The Morgan fingerprint density at radius 3 is 2.59 bits per heavy atom. The minimum atomic E-state index is 0.579. The van der Waals surface area contributed by atoms with Crippen LogP contribution in [0.5, 0.6) is 0 Å². The molecule has 0 spiro atoms. The molecule has 17 heavy (non-hydrogen) atoms. The van der Waals surface area contributed by atoms with Crippen molar-refractivity contribution in [2.45, 2.75) is 26.7 Å².